The number of piperazine rings is 1. The molecule has 3 rings (SSSR count). The van der Waals surface area contributed by atoms with Gasteiger partial charge in [0.05, 0.1) is 15.7 Å². The quantitative estimate of drug-likeness (QED) is 0.912. The lowest BCUT2D eigenvalue weighted by Gasteiger charge is -2.40. The van der Waals surface area contributed by atoms with Gasteiger partial charge >= 0.3 is 0 Å². The summed E-state index contributed by atoms with van der Waals surface area (Å²) >= 11 is 12.2. The molecule has 4 nitrogen and oxygen atoms in total. The van der Waals surface area contributed by atoms with Crippen LogP contribution in [0, 0.1) is 5.92 Å². The monoisotopic (exact) mass is 312 g/mol. The van der Waals surface area contributed by atoms with Gasteiger partial charge in [-0.1, -0.05) is 29.3 Å². The van der Waals surface area contributed by atoms with Crippen LogP contribution in [0.3, 0.4) is 0 Å². The van der Waals surface area contributed by atoms with Gasteiger partial charge in [-0.15, -0.1) is 0 Å². The first-order chi connectivity index (χ1) is 9.43. The fourth-order valence-electron chi connectivity index (χ4n) is 2.71. The Labute approximate surface area is 127 Å². The van der Waals surface area contributed by atoms with Gasteiger partial charge in [-0.2, -0.15) is 0 Å². The first-order valence-electron chi connectivity index (χ1n) is 6.50. The topological polar surface area (TPSA) is 49.4 Å². The minimum Gasteiger partial charge on any atom is -0.340 e. The maximum absolute atomic E-state index is 12.7. The maximum atomic E-state index is 12.7. The number of carbonyl (C=O) groups excluding carboxylic acids is 2. The lowest BCUT2D eigenvalue weighted by molar-refractivity contribution is -0.136. The van der Waals surface area contributed by atoms with Crippen LogP contribution in [0.2, 0.25) is 10.0 Å². The summed E-state index contributed by atoms with van der Waals surface area (Å²) in [5.74, 6) is -0.0847. The fraction of sp³-hybridized carbons (Fsp3) is 0.429. The molecule has 0 bridgehead atoms. The second kappa shape index (κ2) is 4.64. The smallest absolute Gasteiger partial charge is 0.253 e. The summed E-state index contributed by atoms with van der Waals surface area (Å²) in [7, 11) is 0. The molecule has 1 saturated carbocycles. The Balaban J connectivity index is 2.02. The lowest BCUT2D eigenvalue weighted by Crippen LogP contribution is -2.66. The molecule has 1 aromatic carbocycles. The average molecular weight is 313 g/mol. The van der Waals surface area contributed by atoms with E-state index in [9.17, 15) is 9.59 Å². The molecular formula is C14H14Cl2N2O2. The van der Waals surface area contributed by atoms with Crippen molar-refractivity contribution in [1.82, 2.24) is 5.32 Å². The molecule has 1 saturated heterocycles. The lowest BCUT2D eigenvalue weighted by atomic mass is 9.91. The van der Waals surface area contributed by atoms with E-state index < -0.39 is 5.54 Å². The summed E-state index contributed by atoms with van der Waals surface area (Å²) in [6, 6.07) is 5.08. The summed E-state index contributed by atoms with van der Waals surface area (Å²) < 4.78 is 0. The Bertz CT molecular complexity index is 601. The summed E-state index contributed by atoms with van der Waals surface area (Å²) in [5.41, 5.74) is -0.341. The highest BCUT2D eigenvalue weighted by molar-refractivity contribution is 6.44. The summed E-state index contributed by atoms with van der Waals surface area (Å²) in [6.07, 6.45) is 1.92. The largest absolute Gasteiger partial charge is 0.340 e. The number of nitrogens with one attached hydrogen (secondary N) is 1. The number of benzene rings is 1. The number of hydrogen-bond acceptors (Lipinski definition) is 2. The second-order valence-corrected chi connectivity index (χ2v) is 6.27. The predicted octanol–water partition coefficient (Wildman–Crippen LogP) is 2.62. The zero-order valence-corrected chi connectivity index (χ0v) is 12.5. The van der Waals surface area contributed by atoms with Crippen LogP contribution in [-0.2, 0) is 9.59 Å². The zero-order valence-electron chi connectivity index (χ0n) is 11.0. The van der Waals surface area contributed by atoms with Gasteiger partial charge in [-0.05, 0) is 37.8 Å². The second-order valence-electron chi connectivity index (χ2n) is 5.49. The van der Waals surface area contributed by atoms with Gasteiger partial charge in [-0.3, -0.25) is 14.5 Å². The highest BCUT2D eigenvalue weighted by Gasteiger charge is 2.53. The molecular weight excluding hydrogens is 299 g/mol. The van der Waals surface area contributed by atoms with Gasteiger partial charge in [0, 0.05) is 0 Å². The number of nitrogens with zero attached hydrogens (tertiary/aromatic N) is 1. The van der Waals surface area contributed by atoms with E-state index in [-0.39, 0.29) is 24.3 Å². The number of amides is 2. The van der Waals surface area contributed by atoms with Gasteiger partial charge < -0.3 is 5.32 Å². The average Bonchev–Trinajstić information content (AvgIpc) is 3.22. The molecule has 1 unspecified atom stereocenters. The van der Waals surface area contributed by atoms with Crippen molar-refractivity contribution in [2.75, 3.05) is 11.4 Å². The van der Waals surface area contributed by atoms with Gasteiger partial charge in [-0.25, -0.2) is 0 Å². The van der Waals surface area contributed by atoms with Crippen LogP contribution < -0.4 is 10.2 Å². The summed E-state index contributed by atoms with van der Waals surface area (Å²) in [5, 5.41) is 3.50. The van der Waals surface area contributed by atoms with E-state index in [0.717, 1.165) is 12.8 Å². The third-order valence-corrected chi connectivity index (χ3v) is 4.82. The molecule has 1 aromatic rings. The van der Waals surface area contributed by atoms with Crippen LogP contribution >= 0.6 is 23.2 Å². The van der Waals surface area contributed by atoms with Crippen LogP contribution in [0.4, 0.5) is 5.69 Å². The van der Waals surface area contributed by atoms with Crippen molar-refractivity contribution < 1.29 is 9.59 Å². The van der Waals surface area contributed by atoms with E-state index in [1.165, 1.54) is 4.90 Å². The Hall–Kier alpha value is -1.26. The van der Waals surface area contributed by atoms with Gasteiger partial charge in [0.15, 0.2) is 0 Å². The number of carbonyl (C=O) groups is 2. The Morgan fingerprint density at radius 2 is 2.00 bits per heavy atom. The molecule has 20 heavy (non-hydrogen) atoms. The zero-order chi connectivity index (χ0) is 14.5. The van der Waals surface area contributed by atoms with Gasteiger partial charge in [0.1, 0.15) is 12.1 Å². The number of anilines is 1. The SMILES string of the molecule is CC1(C2CC2)NC(=O)CN(c2cccc(Cl)c2Cl)C1=O. The Morgan fingerprint density at radius 3 is 2.65 bits per heavy atom. The van der Waals surface area contributed by atoms with Gasteiger partial charge in [0.2, 0.25) is 5.91 Å². The van der Waals surface area contributed by atoms with Crippen LogP contribution in [0.25, 0.3) is 0 Å². The highest BCUT2D eigenvalue weighted by Crippen LogP contribution is 2.43. The highest BCUT2D eigenvalue weighted by atomic mass is 35.5. The molecule has 2 fully saturated rings. The number of halogens is 2. The van der Waals surface area contributed by atoms with Crippen molar-refractivity contribution in [3.8, 4) is 0 Å². The molecule has 6 heteroatoms. The van der Waals surface area contributed by atoms with E-state index in [0.29, 0.717) is 15.7 Å². The van der Waals surface area contributed by atoms with Crippen molar-refractivity contribution in [2.45, 2.75) is 25.3 Å². The minimum absolute atomic E-state index is 0.0266. The van der Waals surface area contributed by atoms with Crippen LogP contribution in [0.5, 0.6) is 0 Å². The van der Waals surface area contributed by atoms with Gasteiger partial charge in [0.25, 0.3) is 5.91 Å². The third-order valence-electron chi connectivity index (χ3n) is 4.01. The molecule has 106 valence electrons. The van der Waals surface area contributed by atoms with E-state index >= 15 is 0 Å². The molecule has 1 N–H and O–H groups in total. The molecule has 1 aliphatic heterocycles. The van der Waals surface area contributed by atoms with E-state index in [1.54, 1.807) is 25.1 Å². The number of rotatable bonds is 2. The fourth-order valence-corrected chi connectivity index (χ4v) is 3.11. The molecule has 1 atom stereocenters. The first kappa shape index (κ1) is 13.7. The van der Waals surface area contributed by atoms with Crippen LogP contribution in [0.1, 0.15) is 19.8 Å². The molecule has 1 aliphatic carbocycles. The van der Waals surface area contributed by atoms with E-state index in [1.807, 2.05) is 0 Å². The van der Waals surface area contributed by atoms with Crippen LogP contribution in [0.15, 0.2) is 18.2 Å². The normalized spacial score (nSPS) is 26.6. The van der Waals surface area contributed by atoms with Crippen molar-refractivity contribution in [2.24, 2.45) is 5.92 Å². The van der Waals surface area contributed by atoms with Crippen molar-refractivity contribution in [3.05, 3.63) is 28.2 Å². The minimum atomic E-state index is -0.832. The summed E-state index contributed by atoms with van der Waals surface area (Å²) in [6.45, 7) is 1.76. The van der Waals surface area contributed by atoms with E-state index in [4.69, 9.17) is 23.2 Å². The number of hydrogen-bond donors (Lipinski definition) is 1. The van der Waals surface area contributed by atoms with Crippen molar-refractivity contribution >= 4 is 40.7 Å². The molecule has 0 radical (unpaired) electrons. The molecule has 0 spiro atoms. The first-order valence-corrected chi connectivity index (χ1v) is 7.26. The van der Waals surface area contributed by atoms with Crippen molar-refractivity contribution in [3.63, 3.8) is 0 Å². The molecule has 0 aromatic heterocycles. The third kappa shape index (κ3) is 2.07. The maximum Gasteiger partial charge on any atom is 0.253 e. The van der Waals surface area contributed by atoms with E-state index in [2.05, 4.69) is 5.32 Å². The standard InChI is InChI=1S/C14H14Cl2N2O2/c1-14(8-5-6-8)13(20)18(7-11(19)17-14)10-4-2-3-9(15)12(10)16/h2-4,8H,5-7H2,1H3,(H,17,19). The molecule has 1 heterocycles. The van der Waals surface area contributed by atoms with Crippen LogP contribution in [-0.4, -0.2) is 23.9 Å². The molecule has 2 amide bonds. The predicted molar refractivity (Wildman–Crippen MR) is 78.1 cm³/mol. The van der Waals surface area contributed by atoms with Crippen molar-refractivity contribution in [1.29, 1.82) is 0 Å². The summed E-state index contributed by atoms with van der Waals surface area (Å²) in [4.78, 5) is 26.1. The molecule has 2 aliphatic rings. The Morgan fingerprint density at radius 1 is 1.30 bits per heavy atom. The Kier molecular flexibility index (Phi) is 3.18.